The van der Waals surface area contributed by atoms with E-state index in [1.165, 1.54) is 0 Å². The van der Waals surface area contributed by atoms with Crippen molar-refractivity contribution in [1.29, 1.82) is 0 Å². The number of rotatable bonds is 7. The minimum atomic E-state index is -0.289. The number of nitrogens with one attached hydrogen (secondary N) is 3. The Morgan fingerprint density at radius 1 is 1.21 bits per heavy atom. The van der Waals surface area contributed by atoms with Crippen molar-refractivity contribution in [3.05, 3.63) is 36.7 Å². The van der Waals surface area contributed by atoms with Crippen LogP contribution < -0.4 is 16.0 Å². The molecule has 8 heteroatoms. The zero-order chi connectivity index (χ0) is 16.6. The second-order valence-electron chi connectivity index (χ2n) is 5.39. The van der Waals surface area contributed by atoms with Crippen LogP contribution in [-0.2, 0) is 9.53 Å². The lowest BCUT2D eigenvalue weighted by atomic mass is 10.2. The highest BCUT2D eigenvalue weighted by Crippen LogP contribution is 2.13. The van der Waals surface area contributed by atoms with Gasteiger partial charge in [-0.3, -0.25) is 9.78 Å². The molecule has 1 fully saturated rings. The Labute approximate surface area is 140 Å². The summed E-state index contributed by atoms with van der Waals surface area (Å²) in [7, 11) is 0. The van der Waals surface area contributed by atoms with Crippen molar-refractivity contribution in [2.75, 3.05) is 30.3 Å². The summed E-state index contributed by atoms with van der Waals surface area (Å²) in [5, 5.41) is 17.2. The number of ether oxygens (including phenoxy) is 1. The van der Waals surface area contributed by atoms with Crippen LogP contribution in [0.4, 0.5) is 17.3 Å². The van der Waals surface area contributed by atoms with E-state index < -0.39 is 0 Å². The van der Waals surface area contributed by atoms with Crippen LogP contribution in [0.15, 0.2) is 36.7 Å². The van der Waals surface area contributed by atoms with E-state index in [2.05, 4.69) is 31.1 Å². The average Bonchev–Trinajstić information content (AvgIpc) is 3.16. The average molecular weight is 328 g/mol. The van der Waals surface area contributed by atoms with Crippen molar-refractivity contribution in [1.82, 2.24) is 20.5 Å². The first kappa shape index (κ1) is 16.1. The van der Waals surface area contributed by atoms with E-state index in [0.29, 0.717) is 31.3 Å². The monoisotopic (exact) mass is 328 g/mol. The van der Waals surface area contributed by atoms with Crippen LogP contribution in [0.3, 0.4) is 0 Å². The number of carbonyl (C=O) groups excluding carboxylic acids is 1. The summed E-state index contributed by atoms with van der Waals surface area (Å²) in [5.74, 6) is 1.25. The van der Waals surface area contributed by atoms with Crippen molar-refractivity contribution in [3.63, 3.8) is 0 Å². The predicted octanol–water partition coefficient (Wildman–Crippen LogP) is 1.32. The van der Waals surface area contributed by atoms with Gasteiger partial charge in [-0.15, -0.1) is 10.2 Å². The number of pyridine rings is 1. The highest BCUT2D eigenvalue weighted by Gasteiger charge is 2.22. The minimum Gasteiger partial charge on any atom is -0.368 e. The maximum atomic E-state index is 11.8. The molecule has 0 bridgehead atoms. The molecule has 0 radical (unpaired) electrons. The highest BCUT2D eigenvalue weighted by atomic mass is 16.5. The third-order valence-electron chi connectivity index (χ3n) is 3.55. The van der Waals surface area contributed by atoms with E-state index in [0.717, 1.165) is 18.5 Å². The van der Waals surface area contributed by atoms with Gasteiger partial charge < -0.3 is 20.7 Å². The number of amides is 1. The summed E-state index contributed by atoms with van der Waals surface area (Å²) in [6.07, 6.45) is 4.88. The number of nitrogens with zero attached hydrogens (tertiary/aromatic N) is 3. The van der Waals surface area contributed by atoms with Gasteiger partial charge in [-0.25, -0.2) is 0 Å². The van der Waals surface area contributed by atoms with Gasteiger partial charge in [0.2, 0.25) is 5.91 Å². The molecule has 2 aromatic heterocycles. The SMILES string of the molecule is O=C(NCCNc1ccc(Nc2cccnc2)nn1)C1CCCO1. The molecule has 24 heavy (non-hydrogen) atoms. The van der Waals surface area contributed by atoms with Crippen LogP contribution in [-0.4, -0.2) is 46.9 Å². The van der Waals surface area contributed by atoms with Crippen LogP contribution in [0.2, 0.25) is 0 Å². The van der Waals surface area contributed by atoms with Crippen molar-refractivity contribution in [2.45, 2.75) is 18.9 Å². The molecule has 3 heterocycles. The fourth-order valence-corrected chi connectivity index (χ4v) is 2.35. The normalized spacial score (nSPS) is 16.6. The molecule has 2 aromatic rings. The van der Waals surface area contributed by atoms with E-state index in [1.807, 2.05) is 24.3 Å². The van der Waals surface area contributed by atoms with E-state index in [-0.39, 0.29) is 12.0 Å². The molecule has 1 unspecified atom stereocenters. The van der Waals surface area contributed by atoms with Crippen LogP contribution in [0.25, 0.3) is 0 Å². The Hall–Kier alpha value is -2.74. The molecule has 3 rings (SSSR count). The molecule has 1 amide bonds. The molecule has 126 valence electrons. The molecule has 0 aliphatic carbocycles. The van der Waals surface area contributed by atoms with E-state index in [4.69, 9.17) is 4.74 Å². The Balaban J connectivity index is 1.39. The molecular weight excluding hydrogens is 308 g/mol. The zero-order valence-electron chi connectivity index (χ0n) is 13.2. The van der Waals surface area contributed by atoms with Gasteiger partial charge in [0, 0.05) is 25.9 Å². The van der Waals surface area contributed by atoms with Gasteiger partial charge in [-0.05, 0) is 37.1 Å². The van der Waals surface area contributed by atoms with Crippen LogP contribution in [0.1, 0.15) is 12.8 Å². The van der Waals surface area contributed by atoms with Crippen LogP contribution in [0, 0.1) is 0 Å². The topological polar surface area (TPSA) is 101 Å². The number of hydrogen-bond donors (Lipinski definition) is 3. The maximum absolute atomic E-state index is 11.8. The molecule has 8 nitrogen and oxygen atoms in total. The summed E-state index contributed by atoms with van der Waals surface area (Å²) in [4.78, 5) is 15.8. The third-order valence-corrected chi connectivity index (χ3v) is 3.55. The lowest BCUT2D eigenvalue weighted by Gasteiger charge is -2.11. The fourth-order valence-electron chi connectivity index (χ4n) is 2.35. The van der Waals surface area contributed by atoms with Crippen LogP contribution >= 0.6 is 0 Å². The number of hydrogen-bond acceptors (Lipinski definition) is 7. The van der Waals surface area contributed by atoms with Crippen LogP contribution in [0.5, 0.6) is 0 Å². The molecular formula is C16H20N6O2. The van der Waals surface area contributed by atoms with Gasteiger partial charge in [0.15, 0.2) is 5.82 Å². The quantitative estimate of drug-likeness (QED) is 0.659. The summed E-state index contributed by atoms with van der Waals surface area (Å²) in [5.41, 5.74) is 0.851. The molecule has 0 spiro atoms. The van der Waals surface area contributed by atoms with Crippen molar-refractivity contribution < 1.29 is 9.53 Å². The summed E-state index contributed by atoms with van der Waals surface area (Å²) >= 11 is 0. The second kappa shape index (κ2) is 8.21. The second-order valence-corrected chi connectivity index (χ2v) is 5.39. The van der Waals surface area contributed by atoms with Crippen molar-refractivity contribution in [2.24, 2.45) is 0 Å². The minimum absolute atomic E-state index is 0.0450. The molecule has 0 aromatic carbocycles. The lowest BCUT2D eigenvalue weighted by molar-refractivity contribution is -0.129. The molecule has 0 saturated carbocycles. The van der Waals surface area contributed by atoms with Crippen molar-refractivity contribution >= 4 is 23.2 Å². The summed E-state index contributed by atoms with van der Waals surface area (Å²) in [6, 6.07) is 7.40. The van der Waals surface area contributed by atoms with Gasteiger partial charge in [-0.1, -0.05) is 0 Å². The van der Waals surface area contributed by atoms with Gasteiger partial charge in [-0.2, -0.15) is 0 Å². The Kier molecular flexibility index (Phi) is 5.52. The fraction of sp³-hybridized carbons (Fsp3) is 0.375. The van der Waals surface area contributed by atoms with E-state index >= 15 is 0 Å². The Morgan fingerprint density at radius 3 is 2.79 bits per heavy atom. The first-order valence-electron chi connectivity index (χ1n) is 7.95. The number of carbonyl (C=O) groups is 1. The van der Waals surface area contributed by atoms with Gasteiger partial charge in [0.1, 0.15) is 11.9 Å². The Bertz CT molecular complexity index is 643. The number of aromatic nitrogens is 3. The number of anilines is 3. The molecule has 1 atom stereocenters. The first-order valence-corrected chi connectivity index (χ1v) is 7.95. The highest BCUT2D eigenvalue weighted by molar-refractivity contribution is 5.80. The standard InChI is InChI=1S/C16H20N6O2/c23-16(13-4-2-10-24-13)19-9-8-18-14-5-6-15(22-21-14)20-12-3-1-7-17-11-12/h1,3,5-7,11,13H,2,4,8-10H2,(H,18,21)(H,19,23)(H,20,22). The van der Waals surface area contributed by atoms with Gasteiger partial charge in [0.25, 0.3) is 0 Å². The maximum Gasteiger partial charge on any atom is 0.249 e. The molecule has 3 N–H and O–H groups in total. The first-order chi connectivity index (χ1) is 11.8. The molecule has 1 aliphatic rings. The third kappa shape index (κ3) is 4.63. The smallest absolute Gasteiger partial charge is 0.249 e. The predicted molar refractivity (Wildman–Crippen MR) is 90.0 cm³/mol. The largest absolute Gasteiger partial charge is 0.368 e. The molecule has 1 saturated heterocycles. The summed E-state index contributed by atoms with van der Waals surface area (Å²) in [6.45, 7) is 1.75. The Morgan fingerprint density at radius 2 is 2.08 bits per heavy atom. The van der Waals surface area contributed by atoms with E-state index in [1.54, 1.807) is 12.4 Å². The zero-order valence-corrected chi connectivity index (χ0v) is 13.2. The molecule has 1 aliphatic heterocycles. The van der Waals surface area contributed by atoms with Gasteiger partial charge >= 0.3 is 0 Å². The van der Waals surface area contributed by atoms with E-state index in [9.17, 15) is 4.79 Å². The van der Waals surface area contributed by atoms with Gasteiger partial charge in [0.05, 0.1) is 11.9 Å². The lowest BCUT2D eigenvalue weighted by Crippen LogP contribution is -2.36. The van der Waals surface area contributed by atoms with Crippen molar-refractivity contribution in [3.8, 4) is 0 Å². The summed E-state index contributed by atoms with van der Waals surface area (Å²) < 4.78 is 5.33.